The molecule has 0 unspecified atom stereocenters. The van der Waals surface area contributed by atoms with Crippen LogP contribution in [0.25, 0.3) is 0 Å². The second-order valence-electron chi connectivity index (χ2n) is 2.20. The molecule has 8 nitrogen and oxygen atoms in total. The summed E-state index contributed by atoms with van der Waals surface area (Å²) in [5, 5.41) is 20.9. The molecule has 14 heavy (non-hydrogen) atoms. The molecule has 0 radical (unpaired) electrons. The molecule has 0 amide bonds. The fraction of sp³-hybridized carbons (Fsp3) is 0.167. The number of nitro groups is 2. The van der Waals surface area contributed by atoms with Crippen molar-refractivity contribution in [3.8, 4) is 5.88 Å². The molecule has 1 aromatic heterocycles. The Bertz CT molecular complexity index is 391. The zero-order valence-electron chi connectivity index (χ0n) is 7.04. The first-order valence-corrected chi connectivity index (χ1v) is 3.39. The van der Waals surface area contributed by atoms with Crippen LogP contribution in [0.5, 0.6) is 5.88 Å². The molecule has 0 aliphatic rings. The summed E-state index contributed by atoms with van der Waals surface area (Å²) >= 11 is 0. The SMILES string of the molecule is COc1nccc([N+](=O)[O-])c1[N+](=O)[O-]. The first-order chi connectivity index (χ1) is 6.57. The monoisotopic (exact) mass is 199 g/mol. The first-order valence-electron chi connectivity index (χ1n) is 3.39. The molecule has 0 aliphatic carbocycles. The highest BCUT2D eigenvalue weighted by Gasteiger charge is 2.30. The van der Waals surface area contributed by atoms with Crippen LogP contribution < -0.4 is 4.74 Å². The number of pyridine rings is 1. The molecular formula is C6H5N3O5. The van der Waals surface area contributed by atoms with Gasteiger partial charge in [0.05, 0.1) is 17.0 Å². The number of rotatable bonds is 3. The van der Waals surface area contributed by atoms with E-state index in [4.69, 9.17) is 0 Å². The van der Waals surface area contributed by atoms with Crippen molar-refractivity contribution < 1.29 is 14.6 Å². The largest absolute Gasteiger partial charge is 0.476 e. The molecule has 1 aromatic rings. The molecule has 0 aromatic carbocycles. The van der Waals surface area contributed by atoms with Crippen LogP contribution in [-0.4, -0.2) is 21.9 Å². The van der Waals surface area contributed by atoms with Crippen LogP contribution in [-0.2, 0) is 0 Å². The molecule has 0 saturated carbocycles. The lowest BCUT2D eigenvalue weighted by atomic mass is 10.3. The normalized spacial score (nSPS) is 9.50. The van der Waals surface area contributed by atoms with Gasteiger partial charge in [-0.3, -0.25) is 20.2 Å². The Balaban J connectivity index is 3.43. The molecule has 74 valence electrons. The highest BCUT2D eigenvalue weighted by Crippen LogP contribution is 2.33. The Labute approximate surface area is 77.4 Å². The average molecular weight is 199 g/mol. The van der Waals surface area contributed by atoms with Gasteiger partial charge in [0.15, 0.2) is 0 Å². The van der Waals surface area contributed by atoms with Gasteiger partial charge in [0.1, 0.15) is 0 Å². The Morgan fingerprint density at radius 3 is 2.43 bits per heavy atom. The van der Waals surface area contributed by atoms with E-state index in [2.05, 4.69) is 9.72 Å². The summed E-state index contributed by atoms with van der Waals surface area (Å²) in [5.41, 5.74) is -1.37. The summed E-state index contributed by atoms with van der Waals surface area (Å²) in [7, 11) is 1.15. The molecule has 0 spiro atoms. The third-order valence-electron chi connectivity index (χ3n) is 1.44. The van der Waals surface area contributed by atoms with Crippen molar-refractivity contribution in [2.45, 2.75) is 0 Å². The zero-order chi connectivity index (χ0) is 10.7. The number of methoxy groups -OCH3 is 1. The predicted molar refractivity (Wildman–Crippen MR) is 44.1 cm³/mol. The van der Waals surface area contributed by atoms with Gasteiger partial charge in [-0.1, -0.05) is 0 Å². The van der Waals surface area contributed by atoms with Gasteiger partial charge in [-0.05, 0) is 0 Å². The van der Waals surface area contributed by atoms with Crippen molar-refractivity contribution in [3.63, 3.8) is 0 Å². The predicted octanol–water partition coefficient (Wildman–Crippen LogP) is 0.907. The molecule has 0 atom stereocenters. The smallest absolute Gasteiger partial charge is 0.407 e. The second kappa shape index (κ2) is 3.64. The second-order valence-corrected chi connectivity index (χ2v) is 2.20. The summed E-state index contributed by atoms with van der Waals surface area (Å²) in [6.07, 6.45) is 1.07. The van der Waals surface area contributed by atoms with E-state index in [9.17, 15) is 20.2 Å². The van der Waals surface area contributed by atoms with Gasteiger partial charge in [-0.25, -0.2) is 4.98 Å². The van der Waals surface area contributed by atoms with Crippen molar-refractivity contribution in [2.24, 2.45) is 0 Å². The number of hydrogen-bond acceptors (Lipinski definition) is 6. The minimum atomic E-state index is -0.899. The number of ether oxygens (including phenoxy) is 1. The molecular weight excluding hydrogens is 194 g/mol. The Kier molecular flexibility index (Phi) is 2.56. The lowest BCUT2D eigenvalue weighted by Gasteiger charge is -1.99. The summed E-state index contributed by atoms with van der Waals surface area (Å²) in [6.45, 7) is 0. The van der Waals surface area contributed by atoms with Crippen molar-refractivity contribution in [2.75, 3.05) is 7.11 Å². The molecule has 1 rings (SSSR count). The van der Waals surface area contributed by atoms with E-state index in [-0.39, 0.29) is 5.88 Å². The summed E-state index contributed by atoms with van der Waals surface area (Å²) < 4.78 is 4.54. The van der Waals surface area contributed by atoms with Gasteiger partial charge in [0, 0.05) is 12.3 Å². The van der Waals surface area contributed by atoms with E-state index in [1.54, 1.807) is 0 Å². The maximum Gasteiger partial charge on any atom is 0.407 e. The number of nitrogens with zero attached hydrogens (tertiary/aromatic N) is 3. The van der Waals surface area contributed by atoms with Crippen LogP contribution >= 0.6 is 0 Å². The third-order valence-corrected chi connectivity index (χ3v) is 1.44. The quantitative estimate of drug-likeness (QED) is 0.528. The molecule has 1 heterocycles. The standard InChI is InChI=1S/C6H5N3O5/c1-14-6-5(9(12)13)4(8(10)11)2-3-7-6/h2-3H,1H3. The van der Waals surface area contributed by atoms with E-state index in [1.165, 1.54) is 0 Å². The van der Waals surface area contributed by atoms with Crippen molar-refractivity contribution in [1.29, 1.82) is 0 Å². The van der Waals surface area contributed by atoms with Crippen molar-refractivity contribution in [1.82, 2.24) is 4.98 Å². The van der Waals surface area contributed by atoms with E-state index < -0.39 is 21.2 Å². The van der Waals surface area contributed by atoms with Crippen LogP contribution in [0.3, 0.4) is 0 Å². The minimum Gasteiger partial charge on any atom is -0.476 e. The van der Waals surface area contributed by atoms with Gasteiger partial charge in [0.25, 0.3) is 0 Å². The van der Waals surface area contributed by atoms with E-state index in [0.29, 0.717) is 0 Å². The van der Waals surface area contributed by atoms with E-state index in [1.807, 2.05) is 0 Å². The van der Waals surface area contributed by atoms with E-state index >= 15 is 0 Å². The number of aromatic nitrogens is 1. The zero-order valence-corrected chi connectivity index (χ0v) is 7.04. The first kappa shape index (κ1) is 9.84. The van der Waals surface area contributed by atoms with Gasteiger partial charge < -0.3 is 4.74 Å². The maximum atomic E-state index is 10.5. The molecule has 8 heteroatoms. The highest BCUT2D eigenvalue weighted by molar-refractivity contribution is 5.57. The Morgan fingerprint density at radius 1 is 1.36 bits per heavy atom. The molecule has 0 aliphatic heterocycles. The third kappa shape index (κ3) is 1.58. The van der Waals surface area contributed by atoms with Gasteiger partial charge in [-0.15, -0.1) is 0 Å². The maximum absolute atomic E-state index is 10.5. The van der Waals surface area contributed by atoms with Crippen LogP contribution in [0, 0.1) is 20.2 Å². The fourth-order valence-corrected chi connectivity index (χ4v) is 0.894. The topological polar surface area (TPSA) is 108 Å². The van der Waals surface area contributed by atoms with Gasteiger partial charge in [-0.2, -0.15) is 0 Å². The molecule has 0 bridgehead atoms. The van der Waals surface area contributed by atoms with Crippen LogP contribution in [0.2, 0.25) is 0 Å². The average Bonchev–Trinajstić information content (AvgIpc) is 2.16. The van der Waals surface area contributed by atoms with E-state index in [0.717, 1.165) is 19.4 Å². The fourth-order valence-electron chi connectivity index (χ4n) is 0.894. The summed E-state index contributed by atoms with van der Waals surface area (Å²) in [6, 6.07) is 0.945. The molecule has 0 saturated heterocycles. The molecule has 0 N–H and O–H groups in total. The van der Waals surface area contributed by atoms with Crippen molar-refractivity contribution >= 4 is 11.4 Å². The highest BCUT2D eigenvalue weighted by atomic mass is 16.6. The van der Waals surface area contributed by atoms with Gasteiger partial charge in [0.2, 0.25) is 0 Å². The van der Waals surface area contributed by atoms with Gasteiger partial charge >= 0.3 is 17.3 Å². The summed E-state index contributed by atoms with van der Waals surface area (Å²) in [4.78, 5) is 22.6. The van der Waals surface area contributed by atoms with Crippen LogP contribution in [0.15, 0.2) is 12.3 Å². The lowest BCUT2D eigenvalue weighted by Crippen LogP contribution is -2.00. The Morgan fingerprint density at radius 2 is 2.00 bits per heavy atom. The lowest BCUT2D eigenvalue weighted by molar-refractivity contribution is -0.423. The summed E-state index contributed by atoms with van der Waals surface area (Å²) in [5.74, 6) is -0.371. The van der Waals surface area contributed by atoms with Crippen LogP contribution in [0.1, 0.15) is 0 Å². The van der Waals surface area contributed by atoms with Crippen LogP contribution in [0.4, 0.5) is 11.4 Å². The Hall–Kier alpha value is -2.25. The van der Waals surface area contributed by atoms with Crippen molar-refractivity contribution in [3.05, 3.63) is 32.5 Å². The number of hydrogen-bond donors (Lipinski definition) is 0. The minimum absolute atomic E-state index is 0.371. The molecule has 0 fully saturated rings.